The second kappa shape index (κ2) is 5.42. The van der Waals surface area contributed by atoms with Crippen molar-refractivity contribution in [3.05, 3.63) is 23.3 Å². The topological polar surface area (TPSA) is 51.0 Å². The summed E-state index contributed by atoms with van der Waals surface area (Å²) >= 11 is 1.62. The lowest BCUT2D eigenvalue weighted by atomic mass is 10.3. The van der Waals surface area contributed by atoms with Gasteiger partial charge in [0.05, 0.1) is 16.1 Å². The molecule has 17 heavy (non-hydrogen) atoms. The predicted molar refractivity (Wildman–Crippen MR) is 69.2 cm³/mol. The van der Waals surface area contributed by atoms with Gasteiger partial charge in [0.15, 0.2) is 11.7 Å². The SMILES string of the molecule is Cc1ncc(-c2cnc(CCNC(C)C)o2)s1. The molecule has 92 valence electrons. The van der Waals surface area contributed by atoms with Crippen LogP contribution in [0, 0.1) is 6.92 Å². The van der Waals surface area contributed by atoms with Crippen LogP contribution in [0.15, 0.2) is 16.8 Å². The first-order valence-corrected chi connectivity index (χ1v) is 6.57. The molecule has 0 aliphatic carbocycles. The predicted octanol–water partition coefficient (Wildman–Crippen LogP) is 2.65. The number of nitrogens with one attached hydrogen (secondary N) is 1. The van der Waals surface area contributed by atoms with Crippen LogP contribution in [-0.4, -0.2) is 22.6 Å². The van der Waals surface area contributed by atoms with Gasteiger partial charge in [0.1, 0.15) is 0 Å². The maximum absolute atomic E-state index is 5.68. The molecule has 2 aromatic heterocycles. The second-order valence-electron chi connectivity index (χ2n) is 4.22. The van der Waals surface area contributed by atoms with Crippen LogP contribution in [0.3, 0.4) is 0 Å². The highest BCUT2D eigenvalue weighted by molar-refractivity contribution is 7.14. The van der Waals surface area contributed by atoms with Gasteiger partial charge in [-0.3, -0.25) is 0 Å². The Balaban J connectivity index is 1.96. The molecule has 0 radical (unpaired) electrons. The molecule has 1 N–H and O–H groups in total. The Hall–Kier alpha value is -1.20. The van der Waals surface area contributed by atoms with Crippen LogP contribution in [0.2, 0.25) is 0 Å². The lowest BCUT2D eigenvalue weighted by molar-refractivity contribution is 0.485. The van der Waals surface area contributed by atoms with E-state index >= 15 is 0 Å². The number of aryl methyl sites for hydroxylation is 1. The van der Waals surface area contributed by atoms with Crippen molar-refractivity contribution in [2.45, 2.75) is 33.2 Å². The highest BCUT2D eigenvalue weighted by Gasteiger charge is 2.08. The molecule has 0 unspecified atom stereocenters. The van der Waals surface area contributed by atoms with Crippen LogP contribution >= 0.6 is 11.3 Å². The average Bonchev–Trinajstić information content (AvgIpc) is 2.86. The zero-order valence-corrected chi connectivity index (χ0v) is 11.2. The summed E-state index contributed by atoms with van der Waals surface area (Å²) in [6, 6.07) is 0.494. The smallest absolute Gasteiger partial charge is 0.196 e. The normalized spacial score (nSPS) is 11.3. The van der Waals surface area contributed by atoms with Crippen LogP contribution in [0.1, 0.15) is 24.7 Å². The Morgan fingerprint density at radius 1 is 1.35 bits per heavy atom. The summed E-state index contributed by atoms with van der Waals surface area (Å²) in [7, 11) is 0. The lowest BCUT2D eigenvalue weighted by Crippen LogP contribution is -2.24. The molecule has 2 rings (SSSR count). The van der Waals surface area contributed by atoms with E-state index in [1.807, 2.05) is 13.1 Å². The van der Waals surface area contributed by atoms with E-state index in [1.165, 1.54) is 0 Å². The fourth-order valence-corrected chi connectivity index (χ4v) is 2.21. The van der Waals surface area contributed by atoms with Gasteiger partial charge in [0.2, 0.25) is 0 Å². The van der Waals surface area contributed by atoms with Crippen molar-refractivity contribution in [1.29, 1.82) is 0 Å². The van der Waals surface area contributed by atoms with Gasteiger partial charge in [-0.05, 0) is 6.92 Å². The molecule has 0 aliphatic rings. The van der Waals surface area contributed by atoms with E-state index in [0.29, 0.717) is 6.04 Å². The quantitative estimate of drug-likeness (QED) is 0.887. The van der Waals surface area contributed by atoms with Gasteiger partial charge < -0.3 is 9.73 Å². The van der Waals surface area contributed by atoms with Gasteiger partial charge >= 0.3 is 0 Å². The molecule has 0 bridgehead atoms. The lowest BCUT2D eigenvalue weighted by Gasteiger charge is -2.05. The third-order valence-electron chi connectivity index (χ3n) is 2.31. The highest BCUT2D eigenvalue weighted by Crippen LogP contribution is 2.26. The molecule has 0 spiro atoms. The van der Waals surface area contributed by atoms with Gasteiger partial charge in [-0.25, -0.2) is 9.97 Å². The molecule has 2 aromatic rings. The van der Waals surface area contributed by atoms with Gasteiger partial charge in [0.25, 0.3) is 0 Å². The maximum atomic E-state index is 5.68. The number of oxazole rings is 1. The number of rotatable bonds is 5. The second-order valence-corrected chi connectivity index (χ2v) is 5.46. The van der Waals surface area contributed by atoms with Crippen molar-refractivity contribution in [2.75, 3.05) is 6.54 Å². The molecular formula is C12H17N3OS. The standard InChI is InChI=1S/C12H17N3OS/c1-8(2)13-5-4-12-15-6-10(16-12)11-7-14-9(3)17-11/h6-8,13H,4-5H2,1-3H3. The van der Waals surface area contributed by atoms with Crippen LogP contribution in [0.5, 0.6) is 0 Å². The Morgan fingerprint density at radius 3 is 2.82 bits per heavy atom. The monoisotopic (exact) mass is 251 g/mol. The number of nitrogens with zero attached hydrogens (tertiary/aromatic N) is 2. The fraction of sp³-hybridized carbons (Fsp3) is 0.500. The van der Waals surface area contributed by atoms with E-state index in [0.717, 1.165) is 34.5 Å². The van der Waals surface area contributed by atoms with E-state index < -0.39 is 0 Å². The van der Waals surface area contributed by atoms with Crippen LogP contribution in [0.4, 0.5) is 0 Å². The molecule has 2 heterocycles. The summed E-state index contributed by atoms with van der Waals surface area (Å²) < 4.78 is 5.68. The van der Waals surface area contributed by atoms with E-state index in [1.54, 1.807) is 17.5 Å². The van der Waals surface area contributed by atoms with E-state index in [9.17, 15) is 0 Å². The fourth-order valence-electron chi connectivity index (χ4n) is 1.48. The molecule has 0 fully saturated rings. The summed E-state index contributed by atoms with van der Waals surface area (Å²) in [5.74, 6) is 1.59. The highest BCUT2D eigenvalue weighted by atomic mass is 32.1. The third-order valence-corrected chi connectivity index (χ3v) is 3.24. The zero-order chi connectivity index (χ0) is 12.3. The summed E-state index contributed by atoms with van der Waals surface area (Å²) in [6.45, 7) is 7.12. The first-order valence-electron chi connectivity index (χ1n) is 5.76. The van der Waals surface area contributed by atoms with Gasteiger partial charge in [-0.1, -0.05) is 13.8 Å². The van der Waals surface area contributed by atoms with Crippen LogP contribution < -0.4 is 5.32 Å². The molecular weight excluding hydrogens is 234 g/mol. The molecule has 0 amide bonds. The number of thiazole rings is 1. The van der Waals surface area contributed by atoms with E-state index in [-0.39, 0.29) is 0 Å². The Kier molecular flexibility index (Phi) is 3.91. The van der Waals surface area contributed by atoms with Crippen molar-refractivity contribution in [3.63, 3.8) is 0 Å². The molecule has 0 saturated carbocycles. The molecule has 0 aromatic carbocycles. The van der Waals surface area contributed by atoms with Crippen molar-refractivity contribution in [1.82, 2.24) is 15.3 Å². The maximum Gasteiger partial charge on any atom is 0.196 e. The zero-order valence-electron chi connectivity index (χ0n) is 10.4. The van der Waals surface area contributed by atoms with E-state index in [2.05, 4.69) is 29.1 Å². The van der Waals surface area contributed by atoms with Crippen molar-refractivity contribution < 1.29 is 4.42 Å². The summed E-state index contributed by atoms with van der Waals surface area (Å²) in [4.78, 5) is 9.52. The minimum Gasteiger partial charge on any atom is -0.440 e. The van der Waals surface area contributed by atoms with Crippen LogP contribution in [0.25, 0.3) is 10.6 Å². The largest absolute Gasteiger partial charge is 0.440 e. The number of hydrogen-bond donors (Lipinski definition) is 1. The molecule has 5 heteroatoms. The molecule has 0 atom stereocenters. The van der Waals surface area contributed by atoms with Gasteiger partial charge in [-0.15, -0.1) is 11.3 Å². The molecule has 0 aliphatic heterocycles. The van der Waals surface area contributed by atoms with E-state index in [4.69, 9.17) is 4.42 Å². The summed E-state index contributed by atoms with van der Waals surface area (Å²) in [5.41, 5.74) is 0. The van der Waals surface area contributed by atoms with Crippen molar-refractivity contribution in [3.8, 4) is 10.6 Å². The van der Waals surface area contributed by atoms with Gasteiger partial charge in [-0.2, -0.15) is 0 Å². The Bertz CT molecular complexity index is 476. The number of hydrogen-bond acceptors (Lipinski definition) is 5. The minimum absolute atomic E-state index is 0.494. The first-order chi connectivity index (χ1) is 8.15. The molecule has 4 nitrogen and oxygen atoms in total. The molecule has 0 saturated heterocycles. The van der Waals surface area contributed by atoms with Crippen LogP contribution in [-0.2, 0) is 6.42 Å². The third kappa shape index (κ3) is 3.38. The first kappa shape index (κ1) is 12.3. The van der Waals surface area contributed by atoms with Gasteiger partial charge in [0, 0.05) is 25.2 Å². The summed E-state index contributed by atoms with van der Waals surface area (Å²) in [5, 5.41) is 4.38. The Morgan fingerprint density at radius 2 is 2.18 bits per heavy atom. The number of aromatic nitrogens is 2. The Labute approximate surface area is 105 Å². The average molecular weight is 251 g/mol. The van der Waals surface area contributed by atoms with Crippen molar-refractivity contribution in [2.24, 2.45) is 0 Å². The summed E-state index contributed by atoms with van der Waals surface area (Å²) in [6.07, 6.45) is 4.42. The minimum atomic E-state index is 0.494. The van der Waals surface area contributed by atoms with Crippen molar-refractivity contribution >= 4 is 11.3 Å².